The van der Waals surface area contributed by atoms with Crippen LogP contribution in [0.3, 0.4) is 0 Å². The van der Waals surface area contributed by atoms with Gasteiger partial charge in [0.05, 0.1) is 39.0 Å². The number of rotatable bonds is 9. The zero-order valence-electron chi connectivity index (χ0n) is 20.7. The van der Waals surface area contributed by atoms with Gasteiger partial charge in [-0.3, -0.25) is 14.4 Å². The smallest absolute Gasteiger partial charge is 0.291 e. The van der Waals surface area contributed by atoms with Crippen LogP contribution < -0.4 is 14.6 Å². The third-order valence-electron chi connectivity index (χ3n) is 6.70. The quantitative estimate of drug-likeness (QED) is 0.324. The maximum absolute atomic E-state index is 13.7. The molecule has 0 radical (unpaired) electrons. The number of ether oxygens (including phenoxy) is 2. The molecule has 2 N–H and O–H groups in total. The van der Waals surface area contributed by atoms with Crippen LogP contribution in [0.5, 0.6) is 5.75 Å². The molecule has 2 aliphatic rings. The van der Waals surface area contributed by atoms with E-state index >= 15 is 0 Å². The minimum atomic E-state index is -1.08. The van der Waals surface area contributed by atoms with Crippen molar-refractivity contribution in [1.82, 2.24) is 4.90 Å². The normalized spacial score (nSPS) is 21.1. The number of aromatic nitrogens is 1. The Hall–Kier alpha value is -3.10. The fourth-order valence-electron chi connectivity index (χ4n) is 4.78. The molecule has 2 fully saturated rings. The third-order valence-corrected chi connectivity index (χ3v) is 6.70. The molecule has 2 atom stereocenters. The molecule has 2 aliphatic heterocycles. The van der Waals surface area contributed by atoms with Crippen molar-refractivity contribution in [2.45, 2.75) is 26.8 Å². The van der Waals surface area contributed by atoms with E-state index in [1.54, 1.807) is 35.5 Å². The van der Waals surface area contributed by atoms with E-state index in [1.807, 2.05) is 19.1 Å². The molecule has 8 heteroatoms. The predicted molar refractivity (Wildman–Crippen MR) is 128 cm³/mol. The Morgan fingerprint density at radius 3 is 2.66 bits per heavy atom. The minimum absolute atomic E-state index is 0.336. The number of H-pyrrole nitrogens is 1. The van der Waals surface area contributed by atoms with E-state index in [9.17, 15) is 14.4 Å². The summed E-state index contributed by atoms with van der Waals surface area (Å²) in [7, 11) is 0. The molecule has 1 aromatic heterocycles. The molecule has 1 aromatic carbocycles. The second-order valence-corrected chi connectivity index (χ2v) is 9.78. The molecule has 2 saturated heterocycles. The van der Waals surface area contributed by atoms with Gasteiger partial charge in [-0.2, -0.15) is 0 Å². The predicted octanol–water partition coefficient (Wildman–Crippen LogP) is 0.711. The topological polar surface area (TPSA) is 91.5 Å². The van der Waals surface area contributed by atoms with Gasteiger partial charge in [0.1, 0.15) is 24.8 Å². The van der Waals surface area contributed by atoms with Crippen LogP contribution >= 0.6 is 0 Å². The van der Waals surface area contributed by atoms with Gasteiger partial charge < -0.3 is 19.3 Å². The number of nitrogens with one attached hydrogen (secondary N) is 2. The lowest BCUT2D eigenvalue weighted by Crippen LogP contribution is -3.14. The average molecular weight is 482 g/mol. The fourth-order valence-corrected chi connectivity index (χ4v) is 4.78. The maximum atomic E-state index is 13.7. The van der Waals surface area contributed by atoms with Gasteiger partial charge in [-0.15, -0.1) is 0 Å². The largest absolute Gasteiger partial charge is 0.493 e. The lowest BCUT2D eigenvalue weighted by molar-refractivity contribution is -0.907. The van der Waals surface area contributed by atoms with Crippen LogP contribution in [0.1, 0.15) is 41.4 Å². The number of hydrogen-bond donors (Lipinski definition) is 1. The highest BCUT2D eigenvalue weighted by Crippen LogP contribution is 2.37. The summed E-state index contributed by atoms with van der Waals surface area (Å²) in [5.74, 6) is -1.55. The number of carbonyl (C=O) groups is 3. The van der Waals surface area contributed by atoms with Crippen LogP contribution in [-0.2, 0) is 14.3 Å². The molecule has 3 heterocycles. The molecule has 8 nitrogen and oxygen atoms in total. The number of likely N-dealkylation sites (tertiary alicyclic amines) is 1. The third kappa shape index (κ3) is 5.60. The molecule has 0 bridgehead atoms. The molecule has 0 saturated carbocycles. The summed E-state index contributed by atoms with van der Waals surface area (Å²) in [5, 5.41) is 0. The number of aryl methyl sites for hydroxylation is 1. The Morgan fingerprint density at radius 2 is 2.00 bits per heavy atom. The lowest BCUT2D eigenvalue weighted by atomic mass is 9.86. The monoisotopic (exact) mass is 481 g/mol. The summed E-state index contributed by atoms with van der Waals surface area (Å²) in [6.45, 7) is 10.8. The van der Waals surface area contributed by atoms with Crippen molar-refractivity contribution in [2.24, 2.45) is 11.8 Å². The first kappa shape index (κ1) is 25.0. The van der Waals surface area contributed by atoms with E-state index in [0.717, 1.165) is 24.2 Å². The van der Waals surface area contributed by atoms with Gasteiger partial charge in [0.2, 0.25) is 5.78 Å². The van der Waals surface area contributed by atoms with Crippen LogP contribution in [0.4, 0.5) is 0 Å². The number of benzene rings is 1. The molecule has 2 unspecified atom stereocenters. The maximum Gasteiger partial charge on any atom is 0.291 e. The van der Waals surface area contributed by atoms with E-state index < -0.39 is 23.7 Å². The first-order valence-corrected chi connectivity index (χ1v) is 12.4. The molecule has 35 heavy (non-hydrogen) atoms. The van der Waals surface area contributed by atoms with E-state index in [0.29, 0.717) is 50.1 Å². The van der Waals surface area contributed by atoms with Crippen molar-refractivity contribution in [1.29, 1.82) is 0 Å². The number of Topliss-reactive ketones (excluding diaryl/α,β-unsaturated/α-hetero) is 2. The van der Waals surface area contributed by atoms with Gasteiger partial charge in [-0.1, -0.05) is 13.8 Å². The highest BCUT2D eigenvalue weighted by atomic mass is 16.5. The minimum Gasteiger partial charge on any atom is -0.493 e. The summed E-state index contributed by atoms with van der Waals surface area (Å²) in [6.07, 6.45) is 3.53. The SMILES string of the molecule is Cc1cc(C(=O)C2C(=O)C(=O)N(CC[NH+]3CCOCC3)C2c2ccc[nH+]c2)ccc1OCC(C)C. The Kier molecular flexibility index (Phi) is 7.93. The summed E-state index contributed by atoms with van der Waals surface area (Å²) in [6, 6.07) is 8.26. The zero-order chi connectivity index (χ0) is 24.9. The van der Waals surface area contributed by atoms with Crippen LogP contribution in [0.25, 0.3) is 0 Å². The zero-order valence-corrected chi connectivity index (χ0v) is 20.7. The van der Waals surface area contributed by atoms with E-state index in [4.69, 9.17) is 9.47 Å². The summed E-state index contributed by atoms with van der Waals surface area (Å²) in [4.78, 5) is 46.0. The number of ketones is 2. The number of pyridine rings is 1. The number of quaternary nitrogens is 1. The van der Waals surface area contributed by atoms with Crippen molar-refractivity contribution in [3.63, 3.8) is 0 Å². The van der Waals surface area contributed by atoms with Gasteiger partial charge in [-0.05, 0) is 42.7 Å². The Morgan fingerprint density at radius 1 is 1.23 bits per heavy atom. The molecular formula is C27H35N3O5+2. The lowest BCUT2D eigenvalue weighted by Gasteiger charge is -2.29. The molecular weight excluding hydrogens is 446 g/mol. The molecule has 1 amide bonds. The van der Waals surface area contributed by atoms with Crippen molar-refractivity contribution in [3.05, 3.63) is 59.4 Å². The first-order valence-electron chi connectivity index (χ1n) is 12.4. The fraction of sp³-hybridized carbons (Fsp3) is 0.481. The van der Waals surface area contributed by atoms with Gasteiger partial charge in [0.15, 0.2) is 18.2 Å². The van der Waals surface area contributed by atoms with Crippen LogP contribution in [0.2, 0.25) is 0 Å². The van der Waals surface area contributed by atoms with Gasteiger partial charge in [0.25, 0.3) is 5.91 Å². The van der Waals surface area contributed by atoms with Crippen molar-refractivity contribution in [3.8, 4) is 5.75 Å². The van der Waals surface area contributed by atoms with Crippen LogP contribution in [0.15, 0.2) is 42.7 Å². The molecule has 0 spiro atoms. The average Bonchev–Trinajstić information content (AvgIpc) is 3.12. The van der Waals surface area contributed by atoms with E-state index in [2.05, 4.69) is 18.8 Å². The second-order valence-electron chi connectivity index (χ2n) is 9.78. The molecule has 2 aromatic rings. The van der Waals surface area contributed by atoms with Crippen molar-refractivity contribution >= 4 is 17.5 Å². The van der Waals surface area contributed by atoms with E-state index in [-0.39, 0.29) is 5.78 Å². The van der Waals surface area contributed by atoms with Crippen molar-refractivity contribution < 1.29 is 33.7 Å². The second kappa shape index (κ2) is 11.1. The molecule has 4 rings (SSSR count). The van der Waals surface area contributed by atoms with Gasteiger partial charge >= 0.3 is 0 Å². The Labute approximate surface area is 206 Å². The number of aromatic amines is 1. The van der Waals surface area contributed by atoms with Gasteiger partial charge in [0, 0.05) is 17.2 Å². The Bertz CT molecular complexity index is 1070. The highest BCUT2D eigenvalue weighted by molar-refractivity contribution is 6.44. The van der Waals surface area contributed by atoms with Crippen LogP contribution in [0, 0.1) is 18.8 Å². The number of nitrogens with zero attached hydrogens (tertiary/aromatic N) is 1. The highest BCUT2D eigenvalue weighted by Gasteiger charge is 2.52. The number of morpholine rings is 1. The van der Waals surface area contributed by atoms with Crippen LogP contribution in [-0.4, -0.2) is 68.4 Å². The summed E-state index contributed by atoms with van der Waals surface area (Å²) in [5.41, 5.74) is 1.98. The Balaban J connectivity index is 1.60. The van der Waals surface area contributed by atoms with E-state index in [1.165, 1.54) is 4.90 Å². The molecule has 186 valence electrons. The number of amides is 1. The summed E-state index contributed by atoms with van der Waals surface area (Å²) < 4.78 is 11.3. The number of carbonyl (C=O) groups excluding carboxylic acids is 3. The number of hydrogen-bond acceptors (Lipinski definition) is 5. The van der Waals surface area contributed by atoms with Gasteiger partial charge in [-0.25, -0.2) is 4.98 Å². The summed E-state index contributed by atoms with van der Waals surface area (Å²) >= 11 is 0. The first-order chi connectivity index (χ1) is 16.9. The standard InChI is InChI=1S/C27H33N3O5/c1-18(2)17-35-22-7-6-20(15-19(22)3)25(31)23-24(21-5-4-8-28-16-21)30(27(33)26(23)32)10-9-29-11-13-34-14-12-29/h4-8,15-16,18,23-24H,9-14,17H2,1-3H3/p+2. The van der Waals surface area contributed by atoms with Crippen molar-refractivity contribution in [2.75, 3.05) is 46.0 Å². The molecule has 0 aliphatic carbocycles.